The molecule has 4 N–H and O–H groups in total. The lowest BCUT2D eigenvalue weighted by molar-refractivity contribution is 0.318. The van der Waals surface area contributed by atoms with Crippen molar-refractivity contribution >= 4 is 39.1 Å². The van der Waals surface area contributed by atoms with Crippen LogP contribution in [0, 0.1) is 5.82 Å². The van der Waals surface area contributed by atoms with E-state index in [9.17, 15) is 4.39 Å². The number of nitrogens with two attached hydrogens (primary N) is 1. The third-order valence-corrected chi connectivity index (χ3v) is 3.70. The molecule has 0 fully saturated rings. The van der Waals surface area contributed by atoms with Gasteiger partial charge in [-0.1, -0.05) is 44.8 Å². The van der Waals surface area contributed by atoms with E-state index in [2.05, 4.69) is 26.4 Å². The van der Waals surface area contributed by atoms with Crippen molar-refractivity contribution in [3.05, 3.63) is 62.8 Å². The first-order valence-electron chi connectivity index (χ1n) is 5.96. The number of halogens is 3. The summed E-state index contributed by atoms with van der Waals surface area (Å²) in [6.45, 7) is 0.350. The average Bonchev–Trinajstić information content (AvgIpc) is 2.48. The van der Waals surface area contributed by atoms with E-state index in [1.807, 2.05) is 0 Å². The molecular formula is C14H12BrClFN3O. The first-order chi connectivity index (χ1) is 10.0. The van der Waals surface area contributed by atoms with E-state index in [4.69, 9.17) is 22.5 Å². The van der Waals surface area contributed by atoms with Crippen LogP contribution >= 0.6 is 27.5 Å². The van der Waals surface area contributed by atoms with Gasteiger partial charge >= 0.3 is 0 Å². The summed E-state index contributed by atoms with van der Waals surface area (Å²) in [5, 5.41) is 14.9. The number of oxime groups is 1. The molecule has 2 rings (SSSR count). The van der Waals surface area contributed by atoms with E-state index in [1.165, 1.54) is 6.07 Å². The van der Waals surface area contributed by atoms with Gasteiger partial charge in [-0.25, -0.2) is 4.39 Å². The fourth-order valence-corrected chi connectivity index (χ4v) is 2.34. The molecule has 0 saturated carbocycles. The van der Waals surface area contributed by atoms with Crippen LogP contribution in [0.1, 0.15) is 11.1 Å². The van der Waals surface area contributed by atoms with Crippen LogP contribution in [0.3, 0.4) is 0 Å². The molecule has 0 saturated heterocycles. The highest BCUT2D eigenvalue weighted by Gasteiger charge is 2.07. The van der Waals surface area contributed by atoms with Crippen molar-refractivity contribution in [3.63, 3.8) is 0 Å². The van der Waals surface area contributed by atoms with E-state index < -0.39 is 0 Å². The largest absolute Gasteiger partial charge is 0.409 e. The van der Waals surface area contributed by atoms with Crippen LogP contribution in [-0.4, -0.2) is 11.0 Å². The summed E-state index contributed by atoms with van der Waals surface area (Å²) in [6, 6.07) is 9.64. The molecule has 0 aliphatic heterocycles. The van der Waals surface area contributed by atoms with Gasteiger partial charge in [-0.2, -0.15) is 0 Å². The number of hydrogen-bond acceptors (Lipinski definition) is 3. The number of nitrogens with zero attached hydrogens (tertiary/aromatic N) is 1. The van der Waals surface area contributed by atoms with Crippen molar-refractivity contribution in [1.82, 2.24) is 0 Å². The summed E-state index contributed by atoms with van der Waals surface area (Å²) >= 11 is 9.42. The van der Waals surface area contributed by atoms with Gasteiger partial charge in [0.2, 0.25) is 0 Å². The summed E-state index contributed by atoms with van der Waals surface area (Å²) in [4.78, 5) is 0. The SMILES string of the molecule is N/C(=N/O)c1ccc(CNc2cc(Br)ccc2F)c(Cl)c1. The highest BCUT2D eigenvalue weighted by molar-refractivity contribution is 9.10. The summed E-state index contributed by atoms with van der Waals surface area (Å²) in [7, 11) is 0. The standard InChI is InChI=1S/C14H12BrClFN3O/c15-10-3-4-12(17)13(6-10)19-7-9-2-1-8(5-11(9)16)14(18)20-21/h1-6,19,21H,7H2,(H2,18,20). The molecule has 0 bridgehead atoms. The molecule has 7 heteroatoms. The van der Waals surface area contributed by atoms with E-state index in [0.29, 0.717) is 22.8 Å². The minimum atomic E-state index is -0.345. The maximum absolute atomic E-state index is 13.6. The zero-order chi connectivity index (χ0) is 15.4. The first-order valence-corrected chi connectivity index (χ1v) is 7.13. The van der Waals surface area contributed by atoms with Gasteiger partial charge in [-0.15, -0.1) is 0 Å². The molecule has 0 spiro atoms. The number of benzene rings is 2. The van der Waals surface area contributed by atoms with Crippen molar-refractivity contribution in [1.29, 1.82) is 0 Å². The van der Waals surface area contributed by atoms with Gasteiger partial charge in [0.15, 0.2) is 5.84 Å². The Kier molecular flexibility index (Phi) is 5.03. The maximum Gasteiger partial charge on any atom is 0.170 e. The van der Waals surface area contributed by atoms with Crippen LogP contribution in [0.5, 0.6) is 0 Å². The van der Waals surface area contributed by atoms with E-state index in [0.717, 1.165) is 10.0 Å². The molecule has 0 radical (unpaired) electrons. The normalized spacial score (nSPS) is 11.5. The Morgan fingerprint density at radius 3 is 2.76 bits per heavy atom. The van der Waals surface area contributed by atoms with Crippen molar-refractivity contribution in [2.75, 3.05) is 5.32 Å². The lowest BCUT2D eigenvalue weighted by Gasteiger charge is -2.10. The topological polar surface area (TPSA) is 70.6 Å². The van der Waals surface area contributed by atoms with Crippen molar-refractivity contribution in [3.8, 4) is 0 Å². The van der Waals surface area contributed by atoms with Crippen LogP contribution in [-0.2, 0) is 6.54 Å². The molecular weight excluding hydrogens is 361 g/mol. The number of hydrogen-bond donors (Lipinski definition) is 3. The number of amidine groups is 1. The molecule has 0 aliphatic rings. The Hall–Kier alpha value is -1.79. The van der Waals surface area contributed by atoms with E-state index in [1.54, 1.807) is 30.3 Å². The molecule has 0 amide bonds. The second kappa shape index (κ2) is 6.78. The fraction of sp³-hybridized carbons (Fsp3) is 0.0714. The minimum absolute atomic E-state index is 0.0190. The van der Waals surface area contributed by atoms with Gasteiger partial charge in [-0.3, -0.25) is 0 Å². The minimum Gasteiger partial charge on any atom is -0.409 e. The second-order valence-electron chi connectivity index (χ2n) is 4.27. The van der Waals surface area contributed by atoms with Crippen LogP contribution in [0.25, 0.3) is 0 Å². The van der Waals surface area contributed by atoms with Gasteiger partial charge in [0.1, 0.15) is 5.82 Å². The summed E-state index contributed by atoms with van der Waals surface area (Å²) in [5.74, 6) is -0.364. The van der Waals surface area contributed by atoms with E-state index in [-0.39, 0.29) is 11.7 Å². The number of rotatable bonds is 4. The van der Waals surface area contributed by atoms with Gasteiger partial charge < -0.3 is 16.3 Å². The molecule has 110 valence electrons. The van der Waals surface area contributed by atoms with Crippen LogP contribution in [0.15, 0.2) is 46.0 Å². The molecule has 0 heterocycles. The summed E-state index contributed by atoms with van der Waals surface area (Å²) in [6.07, 6.45) is 0. The lowest BCUT2D eigenvalue weighted by atomic mass is 10.1. The highest BCUT2D eigenvalue weighted by atomic mass is 79.9. The lowest BCUT2D eigenvalue weighted by Crippen LogP contribution is -2.13. The number of nitrogens with one attached hydrogen (secondary N) is 1. The Morgan fingerprint density at radius 1 is 1.33 bits per heavy atom. The third kappa shape index (κ3) is 3.86. The van der Waals surface area contributed by atoms with Crippen LogP contribution < -0.4 is 11.1 Å². The smallest absolute Gasteiger partial charge is 0.170 e. The maximum atomic E-state index is 13.6. The molecule has 4 nitrogen and oxygen atoms in total. The second-order valence-corrected chi connectivity index (χ2v) is 5.59. The Labute approximate surface area is 134 Å². The Bertz CT molecular complexity index is 694. The molecule has 2 aromatic rings. The fourth-order valence-electron chi connectivity index (χ4n) is 1.73. The molecule has 0 aromatic heterocycles. The first kappa shape index (κ1) is 15.6. The van der Waals surface area contributed by atoms with Gasteiger partial charge in [-0.05, 0) is 29.8 Å². The summed E-state index contributed by atoms with van der Waals surface area (Å²) in [5.41, 5.74) is 7.14. The monoisotopic (exact) mass is 371 g/mol. The van der Waals surface area contributed by atoms with Gasteiger partial charge in [0.05, 0.1) is 5.69 Å². The van der Waals surface area contributed by atoms with Gasteiger partial charge in [0.25, 0.3) is 0 Å². The molecule has 0 atom stereocenters. The van der Waals surface area contributed by atoms with Crippen LogP contribution in [0.2, 0.25) is 5.02 Å². The molecule has 0 unspecified atom stereocenters. The number of anilines is 1. The van der Waals surface area contributed by atoms with Crippen molar-refractivity contribution in [2.24, 2.45) is 10.9 Å². The highest BCUT2D eigenvalue weighted by Crippen LogP contribution is 2.23. The van der Waals surface area contributed by atoms with Crippen molar-refractivity contribution < 1.29 is 9.60 Å². The zero-order valence-electron chi connectivity index (χ0n) is 10.8. The average molecular weight is 373 g/mol. The molecule has 2 aromatic carbocycles. The molecule has 21 heavy (non-hydrogen) atoms. The van der Waals surface area contributed by atoms with Crippen LogP contribution in [0.4, 0.5) is 10.1 Å². The Morgan fingerprint density at radius 2 is 2.10 bits per heavy atom. The summed E-state index contributed by atoms with van der Waals surface area (Å²) < 4.78 is 14.4. The third-order valence-electron chi connectivity index (χ3n) is 2.85. The predicted molar refractivity (Wildman–Crippen MR) is 85.4 cm³/mol. The van der Waals surface area contributed by atoms with E-state index >= 15 is 0 Å². The van der Waals surface area contributed by atoms with Gasteiger partial charge in [0, 0.05) is 21.6 Å². The van der Waals surface area contributed by atoms with Crippen molar-refractivity contribution in [2.45, 2.75) is 6.54 Å². The zero-order valence-corrected chi connectivity index (χ0v) is 13.1. The molecule has 0 aliphatic carbocycles. The predicted octanol–water partition coefficient (Wildman–Crippen LogP) is 3.95. The Balaban J connectivity index is 2.15. The quantitative estimate of drug-likeness (QED) is 0.329.